The highest BCUT2D eigenvalue weighted by Gasteiger charge is 2.31. The van der Waals surface area contributed by atoms with E-state index in [0.717, 1.165) is 12.8 Å². The van der Waals surface area contributed by atoms with E-state index >= 15 is 0 Å². The van der Waals surface area contributed by atoms with E-state index in [0.29, 0.717) is 23.3 Å². The second-order valence-corrected chi connectivity index (χ2v) is 10.7. The number of hydrogen-bond acceptors (Lipinski definition) is 5. The molecular formula is C24H40O3S2. The maximum absolute atomic E-state index is 11.1. The zero-order valence-corrected chi connectivity index (χ0v) is 19.9. The number of aliphatic hydroxyl groups excluding tert-OH is 1. The van der Waals surface area contributed by atoms with Crippen LogP contribution in [-0.4, -0.2) is 39.9 Å². The molecule has 1 saturated heterocycles. The van der Waals surface area contributed by atoms with E-state index < -0.39 is 6.10 Å². The molecule has 0 saturated carbocycles. The zero-order chi connectivity index (χ0) is 21.2. The van der Waals surface area contributed by atoms with Gasteiger partial charge in [0.15, 0.2) is 0 Å². The van der Waals surface area contributed by atoms with E-state index in [4.69, 9.17) is 0 Å². The average molecular weight is 441 g/mol. The molecule has 1 aliphatic rings. The molecule has 0 spiro atoms. The van der Waals surface area contributed by atoms with Crippen molar-refractivity contribution < 1.29 is 14.6 Å². The van der Waals surface area contributed by atoms with Crippen molar-refractivity contribution in [1.82, 2.24) is 0 Å². The largest absolute Gasteiger partial charge is 0.469 e. The van der Waals surface area contributed by atoms with Crippen LogP contribution in [0, 0.1) is 0 Å². The Balaban J connectivity index is 2.31. The molecule has 166 valence electrons. The Hall–Kier alpha value is -0.650. The lowest BCUT2D eigenvalue weighted by atomic mass is 10.1. The van der Waals surface area contributed by atoms with E-state index in [9.17, 15) is 9.90 Å². The molecule has 0 aliphatic carbocycles. The first-order chi connectivity index (χ1) is 14.1. The number of carbonyl (C=O) groups is 1. The van der Waals surface area contributed by atoms with Crippen molar-refractivity contribution in [2.45, 2.75) is 87.7 Å². The van der Waals surface area contributed by atoms with Crippen LogP contribution in [0.4, 0.5) is 0 Å². The normalized spacial score (nSPS) is 18.0. The predicted octanol–water partition coefficient (Wildman–Crippen LogP) is 6.68. The quantitative estimate of drug-likeness (QED) is 0.133. The maximum Gasteiger partial charge on any atom is 0.305 e. The number of ether oxygens (including phenoxy) is 1. The lowest BCUT2D eigenvalue weighted by molar-refractivity contribution is -0.140. The number of methoxy groups -OCH3 is 1. The second-order valence-electron chi connectivity index (χ2n) is 7.52. The van der Waals surface area contributed by atoms with Gasteiger partial charge in [-0.3, -0.25) is 4.79 Å². The van der Waals surface area contributed by atoms with Gasteiger partial charge in [0, 0.05) is 6.42 Å². The van der Waals surface area contributed by atoms with Crippen LogP contribution in [0.2, 0.25) is 0 Å². The molecule has 1 atom stereocenters. The van der Waals surface area contributed by atoms with Crippen molar-refractivity contribution in [3.05, 3.63) is 36.5 Å². The fraction of sp³-hybridized carbons (Fsp3) is 0.708. The highest BCUT2D eigenvalue weighted by Crippen LogP contribution is 2.48. The molecule has 0 radical (unpaired) electrons. The van der Waals surface area contributed by atoms with Gasteiger partial charge in [0.05, 0.1) is 17.3 Å². The molecule has 1 aliphatic heterocycles. The van der Waals surface area contributed by atoms with E-state index in [-0.39, 0.29) is 5.97 Å². The smallest absolute Gasteiger partial charge is 0.305 e. The fourth-order valence-electron chi connectivity index (χ4n) is 3.20. The van der Waals surface area contributed by atoms with Crippen LogP contribution in [0.15, 0.2) is 36.5 Å². The summed E-state index contributed by atoms with van der Waals surface area (Å²) in [6.07, 6.45) is 23.7. The van der Waals surface area contributed by atoms with Crippen molar-refractivity contribution in [1.29, 1.82) is 0 Å². The minimum atomic E-state index is -0.502. The summed E-state index contributed by atoms with van der Waals surface area (Å²) < 4.78 is 4.94. The number of aliphatic hydroxyl groups is 1. The number of allylic oxidation sites excluding steroid dienone is 5. The lowest BCUT2D eigenvalue weighted by Gasteiger charge is -2.35. The monoisotopic (exact) mass is 440 g/mol. The summed E-state index contributed by atoms with van der Waals surface area (Å²) in [6, 6.07) is 0. The Labute approximate surface area is 186 Å². The van der Waals surface area contributed by atoms with E-state index in [1.54, 1.807) is 6.08 Å². The Bertz CT molecular complexity index is 508. The minimum Gasteiger partial charge on any atom is -0.469 e. The first-order valence-electron chi connectivity index (χ1n) is 11.1. The molecule has 1 N–H and O–H groups in total. The van der Waals surface area contributed by atoms with E-state index in [1.807, 2.05) is 12.2 Å². The van der Waals surface area contributed by atoms with Crippen LogP contribution < -0.4 is 0 Å². The zero-order valence-electron chi connectivity index (χ0n) is 18.3. The summed E-state index contributed by atoms with van der Waals surface area (Å²) in [4.78, 5) is 11.1. The first-order valence-corrected chi connectivity index (χ1v) is 13.1. The number of hydrogen-bond donors (Lipinski definition) is 1. The lowest BCUT2D eigenvalue weighted by Crippen LogP contribution is -2.24. The van der Waals surface area contributed by atoms with Crippen LogP contribution >= 0.6 is 23.5 Å². The molecule has 29 heavy (non-hydrogen) atoms. The van der Waals surface area contributed by atoms with Crippen LogP contribution in [0.1, 0.15) is 77.6 Å². The minimum absolute atomic E-state index is 0.218. The van der Waals surface area contributed by atoms with Crippen molar-refractivity contribution in [3.8, 4) is 0 Å². The SMILES string of the molecule is CCCCC/C=C\CC1(CC/C=C/C=C\[C@@H](O)CCCC(=O)OC)SCCCS1. The molecule has 0 aromatic carbocycles. The van der Waals surface area contributed by atoms with Gasteiger partial charge in [-0.05, 0) is 62.9 Å². The van der Waals surface area contributed by atoms with Gasteiger partial charge in [0.25, 0.3) is 0 Å². The number of esters is 1. The third-order valence-electron chi connectivity index (χ3n) is 4.97. The molecule has 0 aromatic heterocycles. The van der Waals surface area contributed by atoms with Gasteiger partial charge in [-0.2, -0.15) is 0 Å². The summed E-state index contributed by atoms with van der Waals surface area (Å²) in [5.74, 6) is 2.33. The summed E-state index contributed by atoms with van der Waals surface area (Å²) in [5.41, 5.74) is 0. The molecule has 0 bridgehead atoms. The molecule has 0 amide bonds. The van der Waals surface area contributed by atoms with Crippen molar-refractivity contribution >= 4 is 29.5 Å². The number of carbonyl (C=O) groups excluding carboxylic acids is 1. The first kappa shape index (κ1) is 26.4. The molecule has 0 aromatic rings. The highest BCUT2D eigenvalue weighted by molar-refractivity contribution is 8.18. The van der Waals surface area contributed by atoms with E-state index in [1.165, 1.54) is 57.1 Å². The number of thioether (sulfide) groups is 2. The van der Waals surface area contributed by atoms with Crippen molar-refractivity contribution in [2.24, 2.45) is 0 Å². The molecule has 1 heterocycles. The van der Waals surface area contributed by atoms with Gasteiger partial charge >= 0.3 is 5.97 Å². The second kappa shape index (κ2) is 17.1. The molecule has 1 fully saturated rings. The standard InChI is InChI=1S/C24H40O3S2/c1-3-4-5-6-8-11-18-24(28-20-14-21-29-24)19-12-9-7-10-15-22(25)16-13-17-23(26)27-2/h7-11,15,22,25H,3-6,12-14,16-21H2,1-2H3/b9-7+,11-8-,15-10-/t22-/m1/s1. The van der Waals surface area contributed by atoms with Crippen LogP contribution in [0.3, 0.4) is 0 Å². The van der Waals surface area contributed by atoms with Crippen molar-refractivity contribution in [2.75, 3.05) is 18.6 Å². The average Bonchev–Trinajstić information content (AvgIpc) is 2.73. The Morgan fingerprint density at radius 2 is 1.90 bits per heavy atom. The molecule has 3 nitrogen and oxygen atoms in total. The van der Waals surface area contributed by atoms with E-state index in [2.05, 4.69) is 53.4 Å². The summed E-state index contributed by atoms with van der Waals surface area (Å²) >= 11 is 4.29. The molecule has 1 rings (SSSR count). The maximum atomic E-state index is 11.1. The topological polar surface area (TPSA) is 46.5 Å². The van der Waals surface area contributed by atoms with Gasteiger partial charge in [0.1, 0.15) is 0 Å². The number of rotatable bonds is 15. The predicted molar refractivity (Wildman–Crippen MR) is 130 cm³/mol. The van der Waals surface area contributed by atoms with Gasteiger partial charge in [-0.1, -0.05) is 56.2 Å². The van der Waals surface area contributed by atoms with Gasteiger partial charge in [0.2, 0.25) is 0 Å². The third kappa shape index (κ3) is 13.3. The van der Waals surface area contributed by atoms with Gasteiger partial charge in [-0.25, -0.2) is 0 Å². The molecular weight excluding hydrogens is 400 g/mol. The Kier molecular flexibility index (Phi) is 15.5. The van der Waals surface area contributed by atoms with Gasteiger partial charge < -0.3 is 9.84 Å². The number of unbranched alkanes of at least 4 members (excludes halogenated alkanes) is 3. The summed E-state index contributed by atoms with van der Waals surface area (Å²) in [7, 11) is 1.39. The summed E-state index contributed by atoms with van der Waals surface area (Å²) in [6.45, 7) is 2.25. The van der Waals surface area contributed by atoms with Crippen LogP contribution in [0.25, 0.3) is 0 Å². The van der Waals surface area contributed by atoms with Gasteiger partial charge in [-0.15, -0.1) is 23.5 Å². The molecule has 5 heteroatoms. The third-order valence-corrected chi connectivity index (χ3v) is 8.46. The van der Waals surface area contributed by atoms with Crippen LogP contribution in [0.5, 0.6) is 0 Å². The Morgan fingerprint density at radius 1 is 1.10 bits per heavy atom. The van der Waals surface area contributed by atoms with Crippen molar-refractivity contribution in [3.63, 3.8) is 0 Å². The highest BCUT2D eigenvalue weighted by atomic mass is 32.2. The van der Waals surface area contributed by atoms with Crippen LogP contribution in [-0.2, 0) is 9.53 Å². The fourth-order valence-corrected chi connectivity index (χ4v) is 6.49. The molecule has 0 unspecified atom stereocenters. The Morgan fingerprint density at radius 3 is 2.62 bits per heavy atom. The summed E-state index contributed by atoms with van der Waals surface area (Å²) in [5, 5.41) is 9.92.